The van der Waals surface area contributed by atoms with E-state index in [0.29, 0.717) is 18.7 Å². The van der Waals surface area contributed by atoms with Gasteiger partial charge in [-0.25, -0.2) is 4.79 Å². The zero-order chi connectivity index (χ0) is 18.8. The highest BCUT2D eigenvalue weighted by atomic mass is 16.5. The number of rotatable bonds is 3. The molecule has 2 atom stereocenters. The van der Waals surface area contributed by atoms with Crippen molar-refractivity contribution in [1.82, 2.24) is 4.90 Å². The van der Waals surface area contributed by atoms with Crippen LogP contribution in [0.3, 0.4) is 0 Å². The lowest BCUT2D eigenvalue weighted by Gasteiger charge is -2.38. The maximum Gasteiger partial charge on any atom is 0.335 e. The van der Waals surface area contributed by atoms with Crippen LogP contribution in [0.4, 0.5) is 0 Å². The van der Waals surface area contributed by atoms with Crippen LogP contribution in [0.25, 0.3) is 0 Å². The largest absolute Gasteiger partial charge is 0.478 e. The van der Waals surface area contributed by atoms with Crippen LogP contribution >= 0.6 is 0 Å². The smallest absolute Gasteiger partial charge is 0.335 e. The topological polar surface area (TPSA) is 66.8 Å². The molecule has 0 saturated carbocycles. The number of hydrogen-bond donors (Lipinski definition) is 1. The Morgan fingerprint density at radius 1 is 1.12 bits per heavy atom. The quantitative estimate of drug-likeness (QED) is 0.915. The highest BCUT2D eigenvalue weighted by molar-refractivity contribution is 5.98. The average Bonchev–Trinajstić information content (AvgIpc) is 2.61. The Kier molecular flexibility index (Phi) is 5.09. The molecule has 0 aliphatic carbocycles. The molecule has 1 N–H and O–H groups in total. The van der Waals surface area contributed by atoms with Gasteiger partial charge in [-0.2, -0.15) is 0 Å². The second kappa shape index (κ2) is 7.30. The van der Waals surface area contributed by atoms with Crippen LogP contribution in [0.2, 0.25) is 0 Å². The van der Waals surface area contributed by atoms with E-state index in [9.17, 15) is 14.7 Å². The molecule has 1 aliphatic rings. The maximum absolute atomic E-state index is 13.1. The average molecular weight is 353 g/mol. The molecule has 136 valence electrons. The molecule has 0 bridgehead atoms. The number of amides is 1. The second-order valence-corrected chi connectivity index (χ2v) is 6.88. The Bertz CT molecular complexity index is 846. The molecule has 5 heteroatoms. The van der Waals surface area contributed by atoms with E-state index in [1.165, 1.54) is 6.07 Å². The third-order valence-corrected chi connectivity index (χ3v) is 4.80. The Balaban J connectivity index is 1.88. The minimum Gasteiger partial charge on any atom is -0.478 e. The van der Waals surface area contributed by atoms with Crippen molar-refractivity contribution in [2.75, 3.05) is 13.2 Å². The lowest BCUT2D eigenvalue weighted by Crippen LogP contribution is -2.48. The summed E-state index contributed by atoms with van der Waals surface area (Å²) in [5.41, 5.74) is 3.49. The van der Waals surface area contributed by atoms with Gasteiger partial charge in [0.1, 0.15) is 6.10 Å². The minimum atomic E-state index is -1.03. The van der Waals surface area contributed by atoms with Crippen LogP contribution in [0.5, 0.6) is 0 Å². The van der Waals surface area contributed by atoms with Crippen LogP contribution in [0, 0.1) is 13.8 Å². The number of hydrogen-bond acceptors (Lipinski definition) is 3. The van der Waals surface area contributed by atoms with Crippen molar-refractivity contribution in [2.45, 2.75) is 32.9 Å². The molecular weight excluding hydrogens is 330 g/mol. The third kappa shape index (κ3) is 3.63. The van der Waals surface area contributed by atoms with Crippen LogP contribution < -0.4 is 0 Å². The Hall–Kier alpha value is -2.66. The normalized spacial score (nSPS) is 20.0. The van der Waals surface area contributed by atoms with Crippen LogP contribution in [0.1, 0.15) is 50.4 Å². The summed E-state index contributed by atoms with van der Waals surface area (Å²) < 4.78 is 5.97. The molecule has 5 nitrogen and oxygen atoms in total. The number of ether oxygens (including phenoxy) is 1. The van der Waals surface area contributed by atoms with Gasteiger partial charge >= 0.3 is 5.97 Å². The van der Waals surface area contributed by atoms with Gasteiger partial charge in [0.2, 0.25) is 0 Å². The summed E-state index contributed by atoms with van der Waals surface area (Å²) >= 11 is 0. The fourth-order valence-electron chi connectivity index (χ4n) is 3.37. The van der Waals surface area contributed by atoms with Crippen molar-refractivity contribution >= 4 is 11.9 Å². The highest BCUT2D eigenvalue weighted by Gasteiger charge is 2.32. The van der Waals surface area contributed by atoms with E-state index in [-0.39, 0.29) is 23.6 Å². The van der Waals surface area contributed by atoms with E-state index in [1.807, 2.05) is 38.1 Å². The number of carbonyl (C=O) groups excluding carboxylic acids is 1. The summed E-state index contributed by atoms with van der Waals surface area (Å²) in [6.45, 7) is 6.66. The van der Waals surface area contributed by atoms with Gasteiger partial charge in [0.15, 0.2) is 0 Å². The van der Waals surface area contributed by atoms with E-state index in [2.05, 4.69) is 0 Å². The number of carbonyl (C=O) groups is 2. The minimum absolute atomic E-state index is 0.0726. The molecule has 1 saturated heterocycles. The summed E-state index contributed by atoms with van der Waals surface area (Å²) in [7, 11) is 0. The van der Waals surface area contributed by atoms with Crippen molar-refractivity contribution in [2.24, 2.45) is 0 Å². The van der Waals surface area contributed by atoms with Gasteiger partial charge in [0.05, 0.1) is 24.8 Å². The van der Waals surface area contributed by atoms with E-state index < -0.39 is 5.97 Å². The van der Waals surface area contributed by atoms with Crippen LogP contribution in [0.15, 0.2) is 42.5 Å². The van der Waals surface area contributed by atoms with Gasteiger partial charge in [0, 0.05) is 5.56 Å². The summed E-state index contributed by atoms with van der Waals surface area (Å²) in [5, 5.41) is 9.25. The number of morpholine rings is 1. The van der Waals surface area contributed by atoms with Crippen molar-refractivity contribution in [3.8, 4) is 0 Å². The molecule has 1 amide bonds. The maximum atomic E-state index is 13.1. The molecule has 2 aromatic rings. The van der Waals surface area contributed by atoms with Crippen LogP contribution in [-0.2, 0) is 4.74 Å². The third-order valence-electron chi connectivity index (χ3n) is 4.80. The fourth-order valence-corrected chi connectivity index (χ4v) is 3.37. The summed E-state index contributed by atoms with van der Waals surface area (Å²) in [5.74, 6) is -1.19. The Labute approximate surface area is 153 Å². The molecule has 2 unspecified atom stereocenters. The number of aryl methyl sites for hydroxylation is 2. The number of benzene rings is 2. The zero-order valence-electron chi connectivity index (χ0n) is 15.2. The molecule has 0 radical (unpaired) electrons. The molecule has 0 spiro atoms. The lowest BCUT2D eigenvalue weighted by atomic mass is 10.00. The van der Waals surface area contributed by atoms with Gasteiger partial charge in [-0.15, -0.1) is 0 Å². The van der Waals surface area contributed by atoms with Crippen molar-refractivity contribution in [1.29, 1.82) is 0 Å². The summed E-state index contributed by atoms with van der Waals surface area (Å²) in [6, 6.07) is 12.7. The predicted molar refractivity (Wildman–Crippen MR) is 98.5 cm³/mol. The van der Waals surface area contributed by atoms with E-state index in [4.69, 9.17) is 4.74 Å². The number of aromatic carboxylic acids is 1. The Morgan fingerprint density at radius 3 is 2.50 bits per heavy atom. The first kappa shape index (κ1) is 18.1. The summed E-state index contributed by atoms with van der Waals surface area (Å²) in [4.78, 5) is 26.2. The standard InChI is InChI=1S/C21H23NO4/c1-13-8-16(10-17(9-13)21(24)25)20(23)22-11-19(26-12-15(22)3)18-7-5-4-6-14(18)2/h4-10,15,19H,11-12H2,1-3H3,(H,24,25). The first-order valence-electron chi connectivity index (χ1n) is 8.70. The Morgan fingerprint density at radius 2 is 1.81 bits per heavy atom. The van der Waals surface area contributed by atoms with Gasteiger partial charge in [-0.3, -0.25) is 4.79 Å². The predicted octanol–water partition coefficient (Wildman–Crippen LogP) is 3.60. The van der Waals surface area contributed by atoms with Gasteiger partial charge in [0.25, 0.3) is 5.91 Å². The van der Waals surface area contributed by atoms with Gasteiger partial charge < -0.3 is 14.7 Å². The molecule has 1 fully saturated rings. The van der Waals surface area contributed by atoms with Crippen LogP contribution in [-0.4, -0.2) is 41.1 Å². The number of nitrogens with zero attached hydrogens (tertiary/aromatic N) is 1. The molecular formula is C21H23NO4. The molecule has 2 aromatic carbocycles. The fraction of sp³-hybridized carbons (Fsp3) is 0.333. The SMILES string of the molecule is Cc1cc(C(=O)O)cc(C(=O)N2CC(c3ccccc3C)OCC2C)c1. The van der Waals surface area contributed by atoms with E-state index in [0.717, 1.165) is 16.7 Å². The molecule has 26 heavy (non-hydrogen) atoms. The van der Waals surface area contributed by atoms with E-state index in [1.54, 1.807) is 24.0 Å². The lowest BCUT2D eigenvalue weighted by molar-refractivity contribution is -0.0489. The summed E-state index contributed by atoms with van der Waals surface area (Å²) in [6.07, 6.45) is -0.180. The zero-order valence-corrected chi connectivity index (χ0v) is 15.2. The monoisotopic (exact) mass is 353 g/mol. The molecule has 1 heterocycles. The van der Waals surface area contributed by atoms with Gasteiger partial charge in [-0.05, 0) is 55.7 Å². The second-order valence-electron chi connectivity index (χ2n) is 6.88. The van der Waals surface area contributed by atoms with Crippen molar-refractivity contribution < 1.29 is 19.4 Å². The van der Waals surface area contributed by atoms with E-state index >= 15 is 0 Å². The van der Waals surface area contributed by atoms with Crippen molar-refractivity contribution in [3.63, 3.8) is 0 Å². The molecule has 3 rings (SSSR count). The van der Waals surface area contributed by atoms with Crippen molar-refractivity contribution in [3.05, 3.63) is 70.3 Å². The highest BCUT2D eigenvalue weighted by Crippen LogP contribution is 2.28. The molecule has 0 aromatic heterocycles. The number of carboxylic acids is 1. The first-order chi connectivity index (χ1) is 12.4. The first-order valence-corrected chi connectivity index (χ1v) is 8.70. The van der Waals surface area contributed by atoms with Gasteiger partial charge in [-0.1, -0.05) is 24.3 Å². The molecule has 1 aliphatic heterocycles. The number of carboxylic acid groups (broad SMARTS) is 1.